The summed E-state index contributed by atoms with van der Waals surface area (Å²) in [6, 6.07) is 8.13. The van der Waals surface area contributed by atoms with Gasteiger partial charge in [0.15, 0.2) is 0 Å². The fourth-order valence-corrected chi connectivity index (χ4v) is 2.42. The molecule has 3 rings (SSSR count). The number of aromatic amines is 1. The van der Waals surface area contributed by atoms with Crippen LogP contribution in [-0.4, -0.2) is 22.8 Å². The standard InChI is InChI=1S/C14H14N2O/c1-9-8-16(2)13(17)7-11-10-5-3-4-6-12(10)15-14(9)11/h3-6,8,15H,7H2,1-2H3. The van der Waals surface area contributed by atoms with Gasteiger partial charge in [0, 0.05) is 29.8 Å². The molecule has 17 heavy (non-hydrogen) atoms. The second-order valence-corrected chi connectivity index (χ2v) is 4.52. The molecule has 1 aliphatic rings. The van der Waals surface area contributed by atoms with Crippen LogP contribution >= 0.6 is 0 Å². The Hall–Kier alpha value is -2.03. The van der Waals surface area contributed by atoms with Crippen LogP contribution in [0.4, 0.5) is 0 Å². The molecule has 0 radical (unpaired) electrons. The molecular formula is C14H14N2O. The number of aromatic nitrogens is 1. The molecule has 0 spiro atoms. The van der Waals surface area contributed by atoms with E-state index in [0.29, 0.717) is 6.42 Å². The molecule has 0 aliphatic carbocycles. The highest BCUT2D eigenvalue weighted by atomic mass is 16.2. The van der Waals surface area contributed by atoms with Crippen molar-refractivity contribution in [2.24, 2.45) is 0 Å². The molecule has 3 heteroatoms. The van der Waals surface area contributed by atoms with Gasteiger partial charge in [0.05, 0.1) is 6.42 Å². The second kappa shape index (κ2) is 3.48. The lowest BCUT2D eigenvalue weighted by atomic mass is 10.1. The van der Waals surface area contributed by atoms with E-state index in [9.17, 15) is 4.79 Å². The fourth-order valence-electron chi connectivity index (χ4n) is 2.42. The van der Waals surface area contributed by atoms with Crippen LogP contribution in [0.3, 0.4) is 0 Å². The predicted octanol–water partition coefficient (Wildman–Crippen LogP) is 2.54. The van der Waals surface area contributed by atoms with E-state index in [1.807, 2.05) is 31.3 Å². The number of carbonyl (C=O) groups excluding carboxylic acids is 1. The van der Waals surface area contributed by atoms with Crippen LogP contribution in [0, 0.1) is 0 Å². The maximum atomic E-state index is 11.9. The molecule has 0 saturated carbocycles. The summed E-state index contributed by atoms with van der Waals surface area (Å²) in [5.41, 5.74) is 4.40. The van der Waals surface area contributed by atoms with Crippen molar-refractivity contribution in [2.45, 2.75) is 13.3 Å². The monoisotopic (exact) mass is 226 g/mol. The Labute approximate surface area is 99.7 Å². The average molecular weight is 226 g/mol. The number of para-hydroxylation sites is 1. The summed E-state index contributed by atoms with van der Waals surface area (Å²) >= 11 is 0. The van der Waals surface area contributed by atoms with Gasteiger partial charge in [-0.15, -0.1) is 0 Å². The van der Waals surface area contributed by atoms with Crippen molar-refractivity contribution in [1.29, 1.82) is 0 Å². The van der Waals surface area contributed by atoms with Gasteiger partial charge in [0.1, 0.15) is 0 Å². The van der Waals surface area contributed by atoms with E-state index < -0.39 is 0 Å². The Morgan fingerprint density at radius 2 is 2.06 bits per heavy atom. The van der Waals surface area contributed by atoms with Crippen LogP contribution < -0.4 is 0 Å². The van der Waals surface area contributed by atoms with E-state index in [-0.39, 0.29) is 5.91 Å². The second-order valence-electron chi connectivity index (χ2n) is 4.52. The fraction of sp³-hybridized carbons (Fsp3) is 0.214. The molecule has 0 atom stereocenters. The van der Waals surface area contributed by atoms with Crippen molar-refractivity contribution in [3.63, 3.8) is 0 Å². The molecule has 1 aromatic heterocycles. The van der Waals surface area contributed by atoms with Crippen LogP contribution in [0.15, 0.2) is 30.5 Å². The lowest BCUT2D eigenvalue weighted by molar-refractivity contribution is -0.126. The van der Waals surface area contributed by atoms with Crippen molar-refractivity contribution in [1.82, 2.24) is 9.88 Å². The van der Waals surface area contributed by atoms with Gasteiger partial charge in [-0.2, -0.15) is 0 Å². The van der Waals surface area contributed by atoms with Crippen molar-refractivity contribution < 1.29 is 4.79 Å². The van der Waals surface area contributed by atoms with E-state index in [1.54, 1.807) is 11.9 Å². The molecule has 1 N–H and O–H groups in total. The maximum Gasteiger partial charge on any atom is 0.230 e. The molecule has 0 bridgehead atoms. The Balaban J connectivity index is 2.31. The number of likely N-dealkylation sites (N-methyl/N-ethyl adjacent to an activating group) is 1. The van der Waals surface area contributed by atoms with Crippen molar-refractivity contribution in [3.05, 3.63) is 41.7 Å². The molecule has 3 nitrogen and oxygen atoms in total. The molecule has 1 aliphatic heterocycles. The van der Waals surface area contributed by atoms with Crippen LogP contribution in [-0.2, 0) is 11.2 Å². The maximum absolute atomic E-state index is 11.9. The third-order valence-corrected chi connectivity index (χ3v) is 3.32. The topological polar surface area (TPSA) is 36.1 Å². The minimum atomic E-state index is 0.132. The number of amides is 1. The summed E-state index contributed by atoms with van der Waals surface area (Å²) in [5.74, 6) is 0.132. The number of allylic oxidation sites excluding steroid dienone is 1. The van der Waals surface area contributed by atoms with Crippen LogP contribution in [0.2, 0.25) is 0 Å². The van der Waals surface area contributed by atoms with E-state index in [2.05, 4.69) is 11.1 Å². The summed E-state index contributed by atoms with van der Waals surface area (Å²) in [4.78, 5) is 17.0. The minimum Gasteiger partial charge on any atom is -0.355 e. The molecule has 2 aromatic rings. The van der Waals surface area contributed by atoms with Crippen molar-refractivity contribution in [2.75, 3.05) is 7.05 Å². The zero-order valence-corrected chi connectivity index (χ0v) is 9.95. The van der Waals surface area contributed by atoms with Crippen molar-refractivity contribution in [3.8, 4) is 0 Å². The van der Waals surface area contributed by atoms with E-state index in [4.69, 9.17) is 0 Å². The Morgan fingerprint density at radius 3 is 2.88 bits per heavy atom. The molecule has 0 saturated heterocycles. The lowest BCUT2D eigenvalue weighted by Gasteiger charge is -2.09. The predicted molar refractivity (Wildman–Crippen MR) is 68.4 cm³/mol. The summed E-state index contributed by atoms with van der Waals surface area (Å²) in [5, 5.41) is 1.15. The number of H-pyrrole nitrogens is 1. The van der Waals surface area contributed by atoms with Gasteiger partial charge in [-0.25, -0.2) is 0 Å². The Kier molecular flexibility index (Phi) is 2.08. The number of nitrogens with zero attached hydrogens (tertiary/aromatic N) is 1. The summed E-state index contributed by atoms with van der Waals surface area (Å²) in [6.45, 7) is 2.03. The van der Waals surface area contributed by atoms with Gasteiger partial charge in [0.2, 0.25) is 5.91 Å². The first-order valence-corrected chi connectivity index (χ1v) is 5.71. The number of nitrogens with one attached hydrogen (secondary N) is 1. The smallest absolute Gasteiger partial charge is 0.230 e. The molecule has 86 valence electrons. The molecule has 0 unspecified atom stereocenters. The van der Waals surface area contributed by atoms with Crippen LogP contribution in [0.25, 0.3) is 16.5 Å². The van der Waals surface area contributed by atoms with Gasteiger partial charge in [-0.05, 0) is 24.1 Å². The molecule has 1 amide bonds. The van der Waals surface area contributed by atoms with E-state index in [0.717, 1.165) is 27.7 Å². The van der Waals surface area contributed by atoms with Gasteiger partial charge >= 0.3 is 0 Å². The van der Waals surface area contributed by atoms with E-state index in [1.165, 1.54) is 0 Å². The summed E-state index contributed by atoms with van der Waals surface area (Å²) < 4.78 is 0. The first-order chi connectivity index (χ1) is 8.16. The quantitative estimate of drug-likeness (QED) is 0.736. The Morgan fingerprint density at radius 1 is 1.29 bits per heavy atom. The average Bonchev–Trinajstić information content (AvgIpc) is 2.63. The SMILES string of the molecule is CC1=CN(C)C(=O)Cc2c1[nH]c1ccccc21. The van der Waals surface area contributed by atoms with Gasteiger partial charge in [0.25, 0.3) is 0 Å². The van der Waals surface area contributed by atoms with Crippen LogP contribution in [0.5, 0.6) is 0 Å². The number of fused-ring (bicyclic) bond motifs is 3. The normalized spacial score (nSPS) is 15.8. The number of benzene rings is 1. The molecule has 2 heterocycles. The largest absolute Gasteiger partial charge is 0.355 e. The molecule has 0 fully saturated rings. The third-order valence-electron chi connectivity index (χ3n) is 3.32. The number of rotatable bonds is 0. The highest BCUT2D eigenvalue weighted by Gasteiger charge is 2.20. The zero-order valence-electron chi connectivity index (χ0n) is 9.95. The zero-order chi connectivity index (χ0) is 12.0. The first kappa shape index (κ1) is 10.1. The third kappa shape index (κ3) is 1.46. The highest BCUT2D eigenvalue weighted by molar-refractivity contribution is 5.95. The van der Waals surface area contributed by atoms with Gasteiger partial charge in [-0.1, -0.05) is 18.2 Å². The van der Waals surface area contributed by atoms with Crippen molar-refractivity contribution >= 4 is 22.4 Å². The Bertz CT molecular complexity index is 637. The minimum absolute atomic E-state index is 0.132. The summed E-state index contributed by atoms with van der Waals surface area (Å²) in [7, 11) is 1.81. The highest BCUT2D eigenvalue weighted by Crippen LogP contribution is 2.30. The van der Waals surface area contributed by atoms with E-state index >= 15 is 0 Å². The van der Waals surface area contributed by atoms with Gasteiger partial charge < -0.3 is 9.88 Å². The van der Waals surface area contributed by atoms with Crippen LogP contribution in [0.1, 0.15) is 18.2 Å². The number of carbonyl (C=O) groups is 1. The number of hydrogen-bond acceptors (Lipinski definition) is 1. The lowest BCUT2D eigenvalue weighted by Crippen LogP contribution is -2.21. The molecular weight excluding hydrogens is 212 g/mol. The van der Waals surface area contributed by atoms with Gasteiger partial charge in [-0.3, -0.25) is 4.79 Å². The molecule has 1 aromatic carbocycles. The summed E-state index contributed by atoms with van der Waals surface area (Å²) in [6.07, 6.45) is 2.35. The number of hydrogen-bond donors (Lipinski definition) is 1. The first-order valence-electron chi connectivity index (χ1n) is 5.71.